The molecule has 2 aromatic carbocycles. The van der Waals surface area contributed by atoms with Gasteiger partial charge >= 0.3 is 6.03 Å². The molecule has 2 aliphatic rings. The van der Waals surface area contributed by atoms with Crippen molar-refractivity contribution in [1.29, 1.82) is 0 Å². The van der Waals surface area contributed by atoms with Crippen LogP contribution in [0.4, 0.5) is 10.5 Å². The van der Waals surface area contributed by atoms with Crippen molar-refractivity contribution in [2.75, 3.05) is 5.32 Å². The number of aliphatic hydroxyl groups excluding tert-OH is 1. The minimum absolute atomic E-state index is 0.209. The standard InChI is InChI=1S/C27H24N4O2/c32-26-11-5-4-10-23(26)25-17-24(21-9-6-16-28-18-21)30-31(25)27(33)29-22-14-12-20(13-15-22)19-7-2-1-3-8-19/h1-9,11-16,18,23,25,32H,10,17H2,(H,29,33). The SMILES string of the molecule is O=C(Nc1ccc(-c2ccccc2)cc1)N1N=C(c2cccnc2)CC1C1CC=CC=C1O. The number of rotatable bonds is 4. The monoisotopic (exact) mass is 436 g/mol. The lowest BCUT2D eigenvalue weighted by Crippen LogP contribution is -2.41. The summed E-state index contributed by atoms with van der Waals surface area (Å²) in [6.45, 7) is 0. The maximum Gasteiger partial charge on any atom is 0.342 e. The van der Waals surface area contributed by atoms with Crippen molar-refractivity contribution in [3.05, 3.63) is 109 Å². The number of pyridine rings is 1. The Hall–Kier alpha value is -4.19. The van der Waals surface area contributed by atoms with Crippen molar-refractivity contribution < 1.29 is 9.90 Å². The molecule has 33 heavy (non-hydrogen) atoms. The van der Waals surface area contributed by atoms with E-state index in [-0.39, 0.29) is 23.8 Å². The fourth-order valence-corrected chi connectivity index (χ4v) is 4.30. The number of nitrogens with one attached hydrogen (secondary N) is 1. The first-order chi connectivity index (χ1) is 16.2. The van der Waals surface area contributed by atoms with E-state index in [1.54, 1.807) is 18.5 Å². The van der Waals surface area contributed by atoms with Gasteiger partial charge in [-0.3, -0.25) is 4.98 Å². The molecular formula is C27H24N4O2. The molecule has 0 bridgehead atoms. The topological polar surface area (TPSA) is 77.8 Å². The highest BCUT2D eigenvalue weighted by atomic mass is 16.3. The molecule has 0 saturated heterocycles. The number of hydrogen-bond donors (Lipinski definition) is 2. The van der Waals surface area contributed by atoms with Crippen molar-refractivity contribution in [1.82, 2.24) is 9.99 Å². The fraction of sp³-hybridized carbons (Fsp3) is 0.148. The molecule has 2 amide bonds. The number of carbonyl (C=O) groups excluding carboxylic acids is 1. The van der Waals surface area contributed by atoms with Crippen LogP contribution in [0.25, 0.3) is 11.1 Å². The number of aliphatic hydroxyl groups is 1. The van der Waals surface area contributed by atoms with Crippen LogP contribution in [0.5, 0.6) is 0 Å². The Morgan fingerprint density at radius 2 is 1.73 bits per heavy atom. The van der Waals surface area contributed by atoms with E-state index in [0.29, 0.717) is 18.5 Å². The fourth-order valence-electron chi connectivity index (χ4n) is 4.30. The van der Waals surface area contributed by atoms with Crippen LogP contribution in [0.15, 0.2) is 108 Å². The van der Waals surface area contributed by atoms with E-state index in [9.17, 15) is 9.90 Å². The predicted molar refractivity (Wildman–Crippen MR) is 130 cm³/mol. The third-order valence-electron chi connectivity index (χ3n) is 6.03. The summed E-state index contributed by atoms with van der Waals surface area (Å²) < 4.78 is 0. The molecule has 2 heterocycles. The van der Waals surface area contributed by atoms with Crippen LogP contribution in [-0.4, -0.2) is 32.9 Å². The van der Waals surface area contributed by atoms with Crippen LogP contribution < -0.4 is 5.32 Å². The number of hydrazone groups is 1. The quantitative estimate of drug-likeness (QED) is 0.544. The van der Waals surface area contributed by atoms with E-state index in [1.807, 2.05) is 66.7 Å². The molecule has 6 heteroatoms. The Balaban J connectivity index is 1.38. The molecule has 2 unspecified atom stereocenters. The number of anilines is 1. The summed E-state index contributed by atoms with van der Waals surface area (Å²) in [7, 11) is 0. The number of urea groups is 1. The first-order valence-corrected chi connectivity index (χ1v) is 11.0. The third kappa shape index (κ3) is 4.41. The first-order valence-electron chi connectivity index (χ1n) is 11.0. The molecule has 5 rings (SSSR count). The molecule has 1 aliphatic carbocycles. The molecule has 2 atom stereocenters. The van der Waals surface area contributed by atoms with Crippen LogP contribution in [0, 0.1) is 5.92 Å². The highest BCUT2D eigenvalue weighted by Gasteiger charge is 2.39. The molecule has 164 valence electrons. The first kappa shape index (κ1) is 20.7. The van der Waals surface area contributed by atoms with Crippen molar-refractivity contribution in [2.24, 2.45) is 11.0 Å². The summed E-state index contributed by atoms with van der Waals surface area (Å²) in [6, 6.07) is 21.0. The zero-order valence-electron chi connectivity index (χ0n) is 18.0. The molecule has 1 aliphatic heterocycles. The second-order valence-corrected chi connectivity index (χ2v) is 8.14. The third-order valence-corrected chi connectivity index (χ3v) is 6.03. The van der Waals surface area contributed by atoms with E-state index in [1.165, 1.54) is 5.01 Å². The molecule has 6 nitrogen and oxygen atoms in total. The van der Waals surface area contributed by atoms with Gasteiger partial charge in [0.05, 0.1) is 17.5 Å². The summed E-state index contributed by atoms with van der Waals surface area (Å²) in [5.74, 6) is 0.0641. The Bertz CT molecular complexity index is 1220. The van der Waals surface area contributed by atoms with Gasteiger partial charge in [0.1, 0.15) is 0 Å². The summed E-state index contributed by atoms with van der Waals surface area (Å²) >= 11 is 0. The molecule has 3 aromatic rings. The second kappa shape index (κ2) is 9.12. The summed E-state index contributed by atoms with van der Waals surface area (Å²) in [4.78, 5) is 17.5. The van der Waals surface area contributed by atoms with Crippen molar-refractivity contribution in [2.45, 2.75) is 18.9 Å². The molecule has 0 fully saturated rings. The zero-order chi connectivity index (χ0) is 22.6. The number of nitrogens with zero attached hydrogens (tertiary/aromatic N) is 3. The largest absolute Gasteiger partial charge is 0.512 e. The molecule has 0 radical (unpaired) electrons. The van der Waals surface area contributed by atoms with Gasteiger partial charge < -0.3 is 10.4 Å². The van der Waals surface area contributed by atoms with Crippen molar-refractivity contribution >= 4 is 17.4 Å². The van der Waals surface area contributed by atoms with Gasteiger partial charge in [-0.25, -0.2) is 9.80 Å². The Morgan fingerprint density at radius 1 is 0.970 bits per heavy atom. The summed E-state index contributed by atoms with van der Waals surface area (Å²) in [6.07, 6.45) is 10.2. The summed E-state index contributed by atoms with van der Waals surface area (Å²) in [5, 5.41) is 19.6. The highest BCUT2D eigenvalue weighted by Crippen LogP contribution is 2.33. The number of benzene rings is 2. The van der Waals surface area contributed by atoms with E-state index in [4.69, 9.17) is 0 Å². The minimum Gasteiger partial charge on any atom is -0.512 e. The average Bonchev–Trinajstić information content (AvgIpc) is 3.31. The number of amides is 2. The van der Waals surface area contributed by atoms with Crippen LogP contribution in [0.2, 0.25) is 0 Å². The number of hydrogen-bond acceptors (Lipinski definition) is 4. The van der Waals surface area contributed by atoms with Gasteiger partial charge in [0, 0.05) is 36.0 Å². The Morgan fingerprint density at radius 3 is 2.45 bits per heavy atom. The van der Waals surface area contributed by atoms with Crippen molar-refractivity contribution in [3.8, 4) is 11.1 Å². The van der Waals surface area contributed by atoms with E-state index < -0.39 is 0 Å². The number of aromatic nitrogens is 1. The van der Waals surface area contributed by atoms with Gasteiger partial charge in [-0.05, 0) is 41.8 Å². The lowest BCUT2D eigenvalue weighted by atomic mass is 9.87. The molecule has 2 N–H and O–H groups in total. The molecule has 0 spiro atoms. The Labute approximate surface area is 192 Å². The molecular weight excluding hydrogens is 412 g/mol. The lowest BCUT2D eigenvalue weighted by molar-refractivity contribution is 0.166. The molecule has 1 aromatic heterocycles. The maximum atomic E-state index is 13.3. The van der Waals surface area contributed by atoms with E-state index in [2.05, 4.69) is 27.5 Å². The van der Waals surface area contributed by atoms with Crippen molar-refractivity contribution in [3.63, 3.8) is 0 Å². The minimum atomic E-state index is -0.325. The van der Waals surface area contributed by atoms with Gasteiger partial charge in [0.2, 0.25) is 0 Å². The molecule has 0 saturated carbocycles. The van der Waals surface area contributed by atoms with Crippen LogP contribution in [0.3, 0.4) is 0 Å². The van der Waals surface area contributed by atoms with Gasteiger partial charge in [-0.2, -0.15) is 5.10 Å². The summed E-state index contributed by atoms with van der Waals surface area (Å²) in [5.41, 5.74) is 4.54. The average molecular weight is 437 g/mol. The van der Waals surface area contributed by atoms with Gasteiger partial charge in [0.25, 0.3) is 0 Å². The van der Waals surface area contributed by atoms with Crippen LogP contribution in [0.1, 0.15) is 18.4 Å². The van der Waals surface area contributed by atoms with Crippen LogP contribution >= 0.6 is 0 Å². The van der Waals surface area contributed by atoms with Gasteiger partial charge in [-0.1, -0.05) is 60.7 Å². The Kier molecular flexibility index (Phi) is 5.72. The number of carbonyl (C=O) groups is 1. The van der Waals surface area contributed by atoms with Gasteiger partial charge in [-0.15, -0.1) is 0 Å². The van der Waals surface area contributed by atoms with Crippen LogP contribution in [-0.2, 0) is 0 Å². The van der Waals surface area contributed by atoms with E-state index >= 15 is 0 Å². The predicted octanol–water partition coefficient (Wildman–Crippen LogP) is 5.78. The van der Waals surface area contributed by atoms with Gasteiger partial charge in [0.15, 0.2) is 0 Å². The van der Waals surface area contributed by atoms with E-state index in [0.717, 1.165) is 22.4 Å². The highest BCUT2D eigenvalue weighted by molar-refractivity contribution is 6.03. The zero-order valence-corrected chi connectivity index (χ0v) is 18.0. The maximum absolute atomic E-state index is 13.3. The number of allylic oxidation sites excluding steroid dienone is 3. The lowest BCUT2D eigenvalue weighted by Gasteiger charge is -2.29. The smallest absolute Gasteiger partial charge is 0.342 e. The second-order valence-electron chi connectivity index (χ2n) is 8.14. The normalized spacial score (nSPS) is 19.7.